The number of carbonyl (C=O) groups excluding carboxylic acids is 1. The van der Waals surface area contributed by atoms with Gasteiger partial charge in [0.1, 0.15) is 13.2 Å². The zero-order valence-corrected chi connectivity index (χ0v) is 25.6. The minimum Gasteiger partial charge on any atom is -0.756 e. The molecule has 0 aromatic carbocycles. The van der Waals surface area contributed by atoms with E-state index in [1.165, 1.54) is 57.8 Å². The molecule has 0 aliphatic rings. The molecule has 222 valence electrons. The molecule has 0 aromatic heterocycles. The highest BCUT2D eigenvalue weighted by Gasteiger charge is 2.24. The van der Waals surface area contributed by atoms with E-state index in [1.54, 1.807) is 0 Å². The predicted molar refractivity (Wildman–Crippen MR) is 150 cm³/mol. The van der Waals surface area contributed by atoms with Crippen LogP contribution in [0.5, 0.6) is 0 Å². The Bertz CT molecular complexity index is 600. The first kappa shape index (κ1) is 36.5. The Morgan fingerprint density at radius 3 is 1.84 bits per heavy atom. The number of hydrogen-bond acceptors (Lipinski definition) is 6. The first-order valence-electron chi connectivity index (χ1n) is 14.9. The van der Waals surface area contributed by atoms with Gasteiger partial charge in [0.15, 0.2) is 0 Å². The van der Waals surface area contributed by atoms with Gasteiger partial charge in [0.05, 0.1) is 39.9 Å². The molecule has 0 fully saturated rings. The Balaban J connectivity index is 4.32. The van der Waals surface area contributed by atoms with Crippen molar-refractivity contribution in [1.29, 1.82) is 0 Å². The van der Waals surface area contributed by atoms with Crippen LogP contribution >= 0.6 is 7.82 Å². The van der Waals surface area contributed by atoms with Gasteiger partial charge in [-0.2, -0.15) is 0 Å². The van der Waals surface area contributed by atoms with E-state index in [9.17, 15) is 19.4 Å². The number of unbranched alkanes of at least 4 members (excludes halogenated alkanes) is 13. The Morgan fingerprint density at radius 2 is 1.32 bits per heavy atom. The van der Waals surface area contributed by atoms with Crippen LogP contribution in [0, 0.1) is 0 Å². The summed E-state index contributed by atoms with van der Waals surface area (Å²) in [7, 11) is 1.30. The molecular formula is C28H59N2O6P. The van der Waals surface area contributed by atoms with E-state index in [0.717, 1.165) is 38.5 Å². The lowest BCUT2D eigenvalue weighted by molar-refractivity contribution is -0.870. The van der Waals surface area contributed by atoms with E-state index in [1.807, 2.05) is 21.1 Å². The number of likely N-dealkylation sites (N-methyl/N-ethyl adjacent to an activating group) is 1. The molecule has 0 spiro atoms. The van der Waals surface area contributed by atoms with E-state index in [0.29, 0.717) is 23.9 Å². The number of aliphatic hydroxyl groups is 1. The third-order valence-corrected chi connectivity index (χ3v) is 7.56. The first-order valence-corrected chi connectivity index (χ1v) is 16.3. The van der Waals surface area contributed by atoms with E-state index in [-0.39, 0.29) is 19.1 Å². The lowest BCUT2D eigenvalue weighted by atomic mass is 10.0. The van der Waals surface area contributed by atoms with Crippen LogP contribution in [-0.4, -0.2) is 68.5 Å². The van der Waals surface area contributed by atoms with Crippen LogP contribution in [0.3, 0.4) is 0 Å². The van der Waals surface area contributed by atoms with Gasteiger partial charge in [0.2, 0.25) is 5.91 Å². The zero-order chi connectivity index (χ0) is 28.0. The van der Waals surface area contributed by atoms with Gasteiger partial charge in [0, 0.05) is 6.42 Å². The Hall–Kier alpha value is -0.500. The molecule has 9 heteroatoms. The van der Waals surface area contributed by atoms with E-state index < -0.39 is 20.0 Å². The zero-order valence-electron chi connectivity index (χ0n) is 24.7. The van der Waals surface area contributed by atoms with Crippen LogP contribution in [0.1, 0.15) is 123 Å². The van der Waals surface area contributed by atoms with Crippen molar-refractivity contribution in [1.82, 2.24) is 5.32 Å². The summed E-state index contributed by atoms with van der Waals surface area (Å²) in [5.41, 5.74) is 0. The van der Waals surface area contributed by atoms with Crippen molar-refractivity contribution in [3.05, 3.63) is 0 Å². The van der Waals surface area contributed by atoms with Gasteiger partial charge in [-0.25, -0.2) is 0 Å². The number of aliphatic hydroxyl groups excluding tert-OH is 1. The van der Waals surface area contributed by atoms with Crippen LogP contribution < -0.4 is 10.2 Å². The molecule has 3 atom stereocenters. The second-order valence-electron chi connectivity index (χ2n) is 11.5. The number of nitrogens with zero attached hydrogens (tertiary/aromatic N) is 1. The molecule has 0 aromatic rings. The van der Waals surface area contributed by atoms with Gasteiger partial charge in [-0.3, -0.25) is 9.36 Å². The van der Waals surface area contributed by atoms with Gasteiger partial charge < -0.3 is 28.8 Å². The molecule has 0 saturated carbocycles. The van der Waals surface area contributed by atoms with Crippen LogP contribution in [0.2, 0.25) is 0 Å². The fraction of sp³-hybridized carbons (Fsp3) is 0.964. The Labute approximate surface area is 228 Å². The van der Waals surface area contributed by atoms with E-state index in [4.69, 9.17) is 9.05 Å². The van der Waals surface area contributed by atoms with Crippen LogP contribution in [0.4, 0.5) is 0 Å². The largest absolute Gasteiger partial charge is 0.756 e. The number of amides is 1. The summed E-state index contributed by atoms with van der Waals surface area (Å²) in [6.45, 7) is 4.51. The Morgan fingerprint density at radius 1 is 0.838 bits per heavy atom. The average Bonchev–Trinajstić information content (AvgIpc) is 2.81. The molecule has 37 heavy (non-hydrogen) atoms. The molecular weight excluding hydrogens is 491 g/mol. The van der Waals surface area contributed by atoms with E-state index in [2.05, 4.69) is 19.2 Å². The number of rotatable bonds is 26. The van der Waals surface area contributed by atoms with Crippen molar-refractivity contribution in [3.8, 4) is 0 Å². The summed E-state index contributed by atoms with van der Waals surface area (Å²) in [4.78, 5) is 24.7. The predicted octanol–water partition coefficient (Wildman–Crippen LogP) is 5.71. The standard InChI is InChI=1S/C28H59N2O6P/c1-6-8-10-11-12-13-14-15-16-17-18-20-22-28(32)29-26(27(31)21-19-9-7-2)25-36-37(33,34)35-24-23-30(3,4)5/h26-27,31H,6-25H2,1-5H3,(H-,29,32,33,34). The fourth-order valence-corrected chi connectivity index (χ4v) is 4.82. The number of hydrogen-bond donors (Lipinski definition) is 2. The number of nitrogens with one attached hydrogen (secondary N) is 1. The summed E-state index contributed by atoms with van der Waals surface area (Å²) in [6.07, 6.45) is 17.5. The van der Waals surface area contributed by atoms with Crippen molar-refractivity contribution in [2.75, 3.05) is 40.9 Å². The van der Waals surface area contributed by atoms with Crippen molar-refractivity contribution < 1.29 is 32.9 Å². The molecule has 3 unspecified atom stereocenters. The monoisotopic (exact) mass is 550 g/mol. The van der Waals surface area contributed by atoms with Gasteiger partial charge in [-0.1, -0.05) is 104 Å². The SMILES string of the molecule is CCCCCCCCCCCCCCC(=O)NC(COP(=O)([O-])OCC[N+](C)(C)C)C(O)CCCCC. The number of phosphoric acid groups is 1. The normalized spacial score (nSPS) is 15.3. The van der Waals surface area contributed by atoms with Crippen molar-refractivity contribution in [2.45, 2.75) is 135 Å². The molecule has 0 aliphatic carbocycles. The molecule has 0 bridgehead atoms. The molecule has 0 aliphatic heterocycles. The number of phosphoric ester groups is 1. The fourth-order valence-electron chi connectivity index (χ4n) is 4.09. The molecule has 1 amide bonds. The quantitative estimate of drug-likeness (QED) is 0.0811. The molecule has 0 radical (unpaired) electrons. The summed E-state index contributed by atoms with van der Waals surface area (Å²) in [6, 6.07) is -0.786. The smallest absolute Gasteiger partial charge is 0.268 e. The average molecular weight is 551 g/mol. The minimum atomic E-state index is -4.52. The second kappa shape index (κ2) is 22.3. The highest BCUT2D eigenvalue weighted by molar-refractivity contribution is 7.45. The molecule has 8 nitrogen and oxygen atoms in total. The van der Waals surface area contributed by atoms with Gasteiger partial charge in [0.25, 0.3) is 7.82 Å². The molecule has 0 heterocycles. The second-order valence-corrected chi connectivity index (χ2v) is 12.9. The van der Waals surface area contributed by atoms with Gasteiger partial charge >= 0.3 is 0 Å². The molecule has 2 N–H and O–H groups in total. The van der Waals surface area contributed by atoms with Gasteiger partial charge in [-0.05, 0) is 12.8 Å². The highest BCUT2D eigenvalue weighted by atomic mass is 31.2. The molecule has 0 saturated heterocycles. The third-order valence-electron chi connectivity index (χ3n) is 6.60. The van der Waals surface area contributed by atoms with Crippen LogP contribution in [-0.2, 0) is 18.4 Å². The summed E-state index contributed by atoms with van der Waals surface area (Å²) in [5, 5.41) is 13.4. The Kier molecular flexibility index (Phi) is 22.0. The lowest BCUT2D eigenvalue weighted by Crippen LogP contribution is -2.46. The summed E-state index contributed by atoms with van der Waals surface area (Å²) in [5.74, 6) is -0.179. The highest BCUT2D eigenvalue weighted by Crippen LogP contribution is 2.38. The summed E-state index contributed by atoms with van der Waals surface area (Å²) < 4.78 is 22.7. The maximum absolute atomic E-state index is 12.5. The maximum atomic E-state index is 12.5. The van der Waals surface area contributed by atoms with Crippen molar-refractivity contribution >= 4 is 13.7 Å². The van der Waals surface area contributed by atoms with Gasteiger partial charge in [-0.15, -0.1) is 0 Å². The number of carbonyl (C=O) groups is 1. The maximum Gasteiger partial charge on any atom is 0.268 e. The van der Waals surface area contributed by atoms with Crippen LogP contribution in [0.25, 0.3) is 0 Å². The minimum absolute atomic E-state index is 0.0132. The summed E-state index contributed by atoms with van der Waals surface area (Å²) >= 11 is 0. The topological polar surface area (TPSA) is 108 Å². The molecule has 0 rings (SSSR count). The van der Waals surface area contributed by atoms with Crippen molar-refractivity contribution in [3.63, 3.8) is 0 Å². The lowest BCUT2D eigenvalue weighted by Gasteiger charge is -2.30. The first-order chi connectivity index (χ1) is 17.5. The van der Waals surface area contributed by atoms with E-state index >= 15 is 0 Å². The van der Waals surface area contributed by atoms with Crippen molar-refractivity contribution in [2.24, 2.45) is 0 Å². The van der Waals surface area contributed by atoms with Crippen LogP contribution in [0.15, 0.2) is 0 Å². The third kappa shape index (κ3) is 24.3. The number of quaternary nitrogens is 1.